The molecule has 162 valence electrons. The Morgan fingerprint density at radius 3 is 2.68 bits per heavy atom. The van der Waals surface area contributed by atoms with Gasteiger partial charge in [-0.1, -0.05) is 29.8 Å². The van der Waals surface area contributed by atoms with Crippen molar-refractivity contribution in [2.45, 2.75) is 13.0 Å². The van der Waals surface area contributed by atoms with Gasteiger partial charge in [0, 0.05) is 25.3 Å². The molecular formula is C21H20ClFN4O4. The number of ether oxygens (including phenoxy) is 1. The van der Waals surface area contributed by atoms with Gasteiger partial charge in [-0.3, -0.25) is 14.2 Å². The van der Waals surface area contributed by atoms with Crippen molar-refractivity contribution in [2.75, 3.05) is 20.3 Å². The number of rotatable bonds is 8. The highest BCUT2D eigenvalue weighted by atomic mass is 35.5. The van der Waals surface area contributed by atoms with Crippen molar-refractivity contribution >= 4 is 17.5 Å². The number of methoxy groups -OCH3 is 1. The zero-order chi connectivity index (χ0) is 22.4. The van der Waals surface area contributed by atoms with Crippen LogP contribution in [0.15, 0.2) is 58.1 Å². The van der Waals surface area contributed by atoms with E-state index in [2.05, 4.69) is 10.4 Å². The summed E-state index contributed by atoms with van der Waals surface area (Å²) in [5, 5.41) is 6.93. The van der Waals surface area contributed by atoms with E-state index in [0.717, 1.165) is 9.25 Å². The number of nitrogens with one attached hydrogen (secondary N) is 1. The molecule has 10 heteroatoms. The molecule has 0 unspecified atom stereocenters. The molecule has 0 saturated heterocycles. The molecule has 0 radical (unpaired) electrons. The Hall–Kier alpha value is -3.30. The summed E-state index contributed by atoms with van der Waals surface area (Å²) in [4.78, 5) is 38.6. The quantitative estimate of drug-likeness (QED) is 0.534. The standard InChI is InChI=1S/C21H20ClFN4O4/c1-31-10-4-9-24-19(28)18-20(29)26(13-14-5-2-7-16(23)11-14)21(30)27(25-18)17-8-3-6-15(22)12-17/h2-3,5-8,11-12H,4,9-10,13H2,1H3,(H,24,28). The van der Waals surface area contributed by atoms with E-state index in [9.17, 15) is 18.8 Å². The first-order valence-electron chi connectivity index (χ1n) is 9.42. The lowest BCUT2D eigenvalue weighted by Crippen LogP contribution is -2.46. The van der Waals surface area contributed by atoms with E-state index < -0.39 is 28.7 Å². The van der Waals surface area contributed by atoms with Crippen molar-refractivity contribution in [1.82, 2.24) is 19.7 Å². The molecule has 1 amide bonds. The number of hydrogen-bond donors (Lipinski definition) is 1. The van der Waals surface area contributed by atoms with Gasteiger partial charge in [-0.2, -0.15) is 9.78 Å². The van der Waals surface area contributed by atoms with Crippen LogP contribution in [-0.4, -0.2) is 40.5 Å². The summed E-state index contributed by atoms with van der Waals surface area (Å²) in [6.07, 6.45) is 0.535. The highest BCUT2D eigenvalue weighted by Crippen LogP contribution is 2.12. The van der Waals surface area contributed by atoms with Crippen molar-refractivity contribution in [2.24, 2.45) is 0 Å². The molecule has 1 N–H and O–H groups in total. The van der Waals surface area contributed by atoms with E-state index in [-0.39, 0.29) is 18.8 Å². The van der Waals surface area contributed by atoms with Gasteiger partial charge >= 0.3 is 5.69 Å². The molecule has 1 heterocycles. The lowest BCUT2D eigenvalue weighted by molar-refractivity contribution is 0.0938. The average Bonchev–Trinajstić information content (AvgIpc) is 2.74. The van der Waals surface area contributed by atoms with Crippen LogP contribution in [0.25, 0.3) is 5.69 Å². The van der Waals surface area contributed by atoms with Crippen molar-refractivity contribution in [3.8, 4) is 5.69 Å². The van der Waals surface area contributed by atoms with Crippen molar-refractivity contribution in [1.29, 1.82) is 0 Å². The summed E-state index contributed by atoms with van der Waals surface area (Å²) >= 11 is 6.02. The molecule has 0 saturated carbocycles. The molecular weight excluding hydrogens is 427 g/mol. The van der Waals surface area contributed by atoms with E-state index in [1.54, 1.807) is 24.3 Å². The number of amides is 1. The fraction of sp³-hybridized carbons (Fsp3) is 0.238. The monoisotopic (exact) mass is 446 g/mol. The fourth-order valence-electron chi connectivity index (χ4n) is 2.89. The molecule has 0 atom stereocenters. The summed E-state index contributed by atoms with van der Waals surface area (Å²) in [5.74, 6) is -1.24. The van der Waals surface area contributed by atoms with Gasteiger partial charge in [0.2, 0.25) is 5.69 Å². The number of hydrogen-bond acceptors (Lipinski definition) is 5. The number of benzene rings is 2. The molecule has 8 nitrogen and oxygen atoms in total. The van der Waals surface area contributed by atoms with Crippen LogP contribution in [0.2, 0.25) is 5.02 Å². The van der Waals surface area contributed by atoms with Gasteiger partial charge in [-0.05, 0) is 42.3 Å². The largest absolute Gasteiger partial charge is 0.385 e. The van der Waals surface area contributed by atoms with Gasteiger partial charge in [-0.25, -0.2) is 9.18 Å². The van der Waals surface area contributed by atoms with Crippen LogP contribution in [0, 0.1) is 5.82 Å². The predicted octanol–water partition coefficient (Wildman–Crippen LogP) is 2.00. The van der Waals surface area contributed by atoms with E-state index in [1.807, 2.05) is 0 Å². The molecule has 0 bridgehead atoms. The van der Waals surface area contributed by atoms with Gasteiger partial charge in [-0.15, -0.1) is 0 Å². The Labute approximate surface area is 181 Å². The summed E-state index contributed by atoms with van der Waals surface area (Å²) in [5.41, 5.74) is -1.47. The molecule has 0 spiro atoms. The van der Waals surface area contributed by atoms with Gasteiger partial charge in [0.1, 0.15) is 5.82 Å². The van der Waals surface area contributed by atoms with Crippen molar-refractivity contribution in [3.63, 3.8) is 0 Å². The molecule has 3 rings (SSSR count). The Bertz CT molecular complexity index is 1210. The second-order valence-corrected chi connectivity index (χ2v) is 7.08. The number of nitrogens with zero attached hydrogens (tertiary/aromatic N) is 3. The van der Waals surface area contributed by atoms with Crippen LogP contribution in [-0.2, 0) is 11.3 Å². The Kier molecular flexibility index (Phi) is 7.32. The third kappa shape index (κ3) is 5.44. The zero-order valence-corrected chi connectivity index (χ0v) is 17.4. The van der Waals surface area contributed by atoms with Crippen LogP contribution in [0.3, 0.4) is 0 Å². The van der Waals surface area contributed by atoms with Gasteiger partial charge in [0.05, 0.1) is 12.2 Å². The van der Waals surface area contributed by atoms with Crippen molar-refractivity contribution in [3.05, 3.63) is 91.5 Å². The van der Waals surface area contributed by atoms with Crippen molar-refractivity contribution < 1.29 is 13.9 Å². The second kappa shape index (κ2) is 10.1. The third-order valence-corrected chi connectivity index (χ3v) is 4.60. The smallest absolute Gasteiger partial charge is 0.352 e. The first kappa shape index (κ1) is 22.4. The fourth-order valence-corrected chi connectivity index (χ4v) is 3.08. The van der Waals surface area contributed by atoms with Crippen LogP contribution in [0.5, 0.6) is 0 Å². The molecule has 0 fully saturated rings. The third-order valence-electron chi connectivity index (χ3n) is 4.37. The minimum absolute atomic E-state index is 0.234. The maximum absolute atomic E-state index is 13.6. The second-order valence-electron chi connectivity index (χ2n) is 6.65. The molecule has 31 heavy (non-hydrogen) atoms. The van der Waals surface area contributed by atoms with Gasteiger partial charge in [0.15, 0.2) is 0 Å². The van der Waals surface area contributed by atoms with Gasteiger partial charge < -0.3 is 10.1 Å². The van der Waals surface area contributed by atoms with E-state index in [0.29, 0.717) is 23.6 Å². The Morgan fingerprint density at radius 2 is 1.97 bits per heavy atom. The number of carbonyl (C=O) groups is 1. The molecule has 0 aliphatic heterocycles. The first-order chi connectivity index (χ1) is 14.9. The molecule has 2 aromatic carbocycles. The lowest BCUT2D eigenvalue weighted by atomic mass is 10.2. The molecule has 3 aromatic rings. The van der Waals surface area contributed by atoms with Gasteiger partial charge in [0.25, 0.3) is 11.5 Å². The van der Waals surface area contributed by atoms with Crippen LogP contribution < -0.4 is 16.6 Å². The first-order valence-corrected chi connectivity index (χ1v) is 9.80. The summed E-state index contributed by atoms with van der Waals surface area (Å²) in [6, 6.07) is 11.8. The predicted molar refractivity (Wildman–Crippen MR) is 113 cm³/mol. The highest BCUT2D eigenvalue weighted by molar-refractivity contribution is 6.30. The van der Waals surface area contributed by atoms with E-state index >= 15 is 0 Å². The number of aromatic nitrogens is 3. The van der Waals surface area contributed by atoms with Crippen LogP contribution in [0.4, 0.5) is 4.39 Å². The normalized spacial score (nSPS) is 10.8. The summed E-state index contributed by atoms with van der Waals surface area (Å²) < 4.78 is 20.3. The average molecular weight is 447 g/mol. The topological polar surface area (TPSA) is 95.2 Å². The maximum atomic E-state index is 13.6. The van der Waals surface area contributed by atoms with E-state index in [1.165, 1.54) is 31.4 Å². The minimum Gasteiger partial charge on any atom is -0.385 e. The SMILES string of the molecule is COCCCNC(=O)c1nn(-c2cccc(Cl)c2)c(=O)n(Cc2cccc(F)c2)c1=O. The maximum Gasteiger partial charge on any atom is 0.352 e. The summed E-state index contributed by atoms with van der Waals surface area (Å²) in [6.45, 7) is 0.454. The highest BCUT2D eigenvalue weighted by Gasteiger charge is 2.20. The molecule has 1 aromatic heterocycles. The van der Waals surface area contributed by atoms with Crippen LogP contribution in [0.1, 0.15) is 22.5 Å². The molecule has 0 aliphatic rings. The molecule has 0 aliphatic carbocycles. The number of halogens is 2. The lowest BCUT2D eigenvalue weighted by Gasteiger charge is -2.12. The zero-order valence-electron chi connectivity index (χ0n) is 16.7. The summed E-state index contributed by atoms with van der Waals surface area (Å²) in [7, 11) is 1.54. The number of carbonyl (C=O) groups excluding carboxylic acids is 1. The minimum atomic E-state index is -0.878. The van der Waals surface area contributed by atoms with E-state index in [4.69, 9.17) is 16.3 Å². The van der Waals surface area contributed by atoms with Crippen LogP contribution >= 0.6 is 11.6 Å². The Morgan fingerprint density at radius 1 is 1.19 bits per heavy atom. The Balaban J connectivity index is 2.10.